The van der Waals surface area contributed by atoms with Crippen LogP contribution in [-0.4, -0.2) is 21.3 Å². The van der Waals surface area contributed by atoms with Crippen molar-refractivity contribution in [2.75, 3.05) is 21.3 Å². The number of ether oxygens (including phenoxy) is 3. The molecule has 32 heavy (non-hydrogen) atoms. The van der Waals surface area contributed by atoms with Crippen LogP contribution in [0.4, 0.5) is 0 Å². The summed E-state index contributed by atoms with van der Waals surface area (Å²) in [5.74, 6) is 2.54. The molecule has 162 valence electrons. The van der Waals surface area contributed by atoms with E-state index in [1.807, 2.05) is 36.4 Å². The Hall–Kier alpha value is -3.29. The Bertz CT molecular complexity index is 1030. The average molecular weight is 444 g/mol. The highest BCUT2D eigenvalue weighted by Crippen LogP contribution is 2.54. The van der Waals surface area contributed by atoms with Gasteiger partial charge in [-0.1, -0.05) is 17.7 Å². The van der Waals surface area contributed by atoms with Gasteiger partial charge < -0.3 is 14.2 Å². The fraction of sp³-hybridized carbons (Fsp3) is 0.143. The molecule has 0 N–H and O–H groups in total. The SMILES string of the molecule is COc1ccc([P+](c2ccc(C)cc2)(c2ccc(OC)cc2)c2ccc(OC)cc2)cc1. The molecular weight excluding hydrogens is 415 g/mol. The van der Waals surface area contributed by atoms with E-state index in [9.17, 15) is 0 Å². The molecule has 0 aromatic heterocycles. The lowest BCUT2D eigenvalue weighted by atomic mass is 10.2. The first-order chi connectivity index (χ1) is 15.6. The van der Waals surface area contributed by atoms with E-state index in [-0.39, 0.29) is 0 Å². The Morgan fingerprint density at radius 3 is 0.906 bits per heavy atom. The first-order valence-corrected chi connectivity index (χ1v) is 12.3. The van der Waals surface area contributed by atoms with Crippen molar-refractivity contribution >= 4 is 28.5 Å². The third kappa shape index (κ3) is 3.97. The monoisotopic (exact) mass is 443 g/mol. The van der Waals surface area contributed by atoms with Crippen molar-refractivity contribution in [3.05, 3.63) is 103 Å². The molecule has 0 saturated carbocycles. The Labute approximate surface area is 190 Å². The third-order valence-corrected chi connectivity index (χ3v) is 10.1. The minimum atomic E-state index is -2.18. The van der Waals surface area contributed by atoms with E-state index in [0.29, 0.717) is 0 Å². The fourth-order valence-electron chi connectivity index (χ4n) is 4.08. The average Bonchev–Trinajstić information content (AvgIpc) is 2.86. The highest BCUT2D eigenvalue weighted by molar-refractivity contribution is 8.01. The van der Waals surface area contributed by atoms with E-state index >= 15 is 0 Å². The van der Waals surface area contributed by atoms with Crippen molar-refractivity contribution in [2.24, 2.45) is 0 Å². The molecule has 0 radical (unpaired) electrons. The lowest BCUT2D eigenvalue weighted by Gasteiger charge is -2.28. The molecule has 0 spiro atoms. The summed E-state index contributed by atoms with van der Waals surface area (Å²) in [7, 11) is 2.91. The Morgan fingerprint density at radius 1 is 0.406 bits per heavy atom. The van der Waals surface area contributed by atoms with E-state index in [2.05, 4.69) is 67.6 Å². The maximum Gasteiger partial charge on any atom is 0.144 e. The summed E-state index contributed by atoms with van der Waals surface area (Å²) in [6.45, 7) is 2.12. The lowest BCUT2D eigenvalue weighted by Crippen LogP contribution is -2.38. The number of benzene rings is 4. The summed E-state index contributed by atoms with van der Waals surface area (Å²) in [5, 5.41) is 5.08. The van der Waals surface area contributed by atoms with E-state index in [0.717, 1.165) is 17.2 Å². The van der Waals surface area contributed by atoms with Crippen molar-refractivity contribution in [2.45, 2.75) is 6.92 Å². The van der Waals surface area contributed by atoms with Gasteiger partial charge in [-0.25, -0.2) is 0 Å². The maximum atomic E-state index is 5.45. The standard InChI is InChI=1S/C28H28O3P/c1-21-5-13-25(14-6-21)32(26-15-7-22(29-2)8-16-26,27-17-9-23(30-3)10-18-27)28-19-11-24(31-4)12-20-28/h5-20H,1-4H3/q+1. The summed E-state index contributed by atoms with van der Waals surface area (Å²) >= 11 is 0. The smallest absolute Gasteiger partial charge is 0.144 e. The first-order valence-electron chi connectivity index (χ1n) is 10.5. The summed E-state index contributed by atoms with van der Waals surface area (Å²) < 4.78 is 16.4. The van der Waals surface area contributed by atoms with Crippen molar-refractivity contribution in [1.82, 2.24) is 0 Å². The summed E-state index contributed by atoms with van der Waals surface area (Å²) in [6, 6.07) is 34.4. The van der Waals surface area contributed by atoms with Crippen LogP contribution >= 0.6 is 7.26 Å². The Morgan fingerprint density at radius 2 is 0.656 bits per heavy atom. The van der Waals surface area contributed by atoms with E-state index in [1.165, 1.54) is 26.8 Å². The number of hydrogen-bond donors (Lipinski definition) is 0. The normalized spacial score (nSPS) is 11.1. The molecule has 0 aliphatic rings. The van der Waals surface area contributed by atoms with Crippen LogP contribution in [0, 0.1) is 6.92 Å². The predicted molar refractivity (Wildman–Crippen MR) is 136 cm³/mol. The Balaban J connectivity index is 2.06. The zero-order valence-electron chi connectivity index (χ0n) is 18.9. The van der Waals surface area contributed by atoms with Gasteiger partial charge in [-0.3, -0.25) is 0 Å². The number of methoxy groups -OCH3 is 3. The van der Waals surface area contributed by atoms with Gasteiger partial charge in [0, 0.05) is 0 Å². The number of hydrogen-bond acceptors (Lipinski definition) is 3. The van der Waals surface area contributed by atoms with E-state index < -0.39 is 7.26 Å². The fourth-order valence-corrected chi connectivity index (χ4v) is 8.25. The van der Waals surface area contributed by atoms with Gasteiger partial charge in [0.2, 0.25) is 0 Å². The molecule has 4 heteroatoms. The molecule has 0 fully saturated rings. The second-order valence-corrected chi connectivity index (χ2v) is 11.0. The minimum absolute atomic E-state index is 0.847. The number of rotatable bonds is 7. The van der Waals surface area contributed by atoms with Crippen molar-refractivity contribution in [3.8, 4) is 17.2 Å². The molecule has 0 atom stereocenters. The second kappa shape index (κ2) is 9.46. The summed E-state index contributed by atoms with van der Waals surface area (Å²) in [5.41, 5.74) is 1.24. The number of aryl methyl sites for hydroxylation is 1. The van der Waals surface area contributed by atoms with Crippen molar-refractivity contribution in [1.29, 1.82) is 0 Å². The van der Waals surface area contributed by atoms with Crippen LogP contribution in [0.15, 0.2) is 97.1 Å². The molecule has 0 amide bonds. The highest BCUT2D eigenvalue weighted by Gasteiger charge is 2.48. The Kier molecular flexibility index (Phi) is 6.48. The summed E-state index contributed by atoms with van der Waals surface area (Å²) in [6.07, 6.45) is 0. The van der Waals surface area contributed by atoms with E-state index in [4.69, 9.17) is 14.2 Å². The molecule has 0 saturated heterocycles. The minimum Gasteiger partial charge on any atom is -0.497 e. The molecule has 0 unspecified atom stereocenters. The third-order valence-electron chi connectivity index (χ3n) is 5.80. The van der Waals surface area contributed by atoms with Crippen LogP contribution in [0.2, 0.25) is 0 Å². The quantitative estimate of drug-likeness (QED) is 0.390. The second-order valence-electron chi connectivity index (χ2n) is 7.60. The van der Waals surface area contributed by atoms with Crippen molar-refractivity contribution in [3.63, 3.8) is 0 Å². The van der Waals surface area contributed by atoms with Crippen LogP contribution in [0.1, 0.15) is 5.56 Å². The maximum absolute atomic E-state index is 5.45. The van der Waals surface area contributed by atoms with Crippen LogP contribution in [0.25, 0.3) is 0 Å². The molecule has 0 bridgehead atoms. The topological polar surface area (TPSA) is 27.7 Å². The van der Waals surface area contributed by atoms with Gasteiger partial charge in [0.1, 0.15) is 45.7 Å². The molecule has 0 aliphatic heterocycles. The van der Waals surface area contributed by atoms with Gasteiger partial charge in [-0.15, -0.1) is 0 Å². The molecular formula is C28H28O3P+. The molecule has 3 nitrogen and oxygen atoms in total. The van der Waals surface area contributed by atoms with Gasteiger partial charge in [-0.05, 0) is 91.9 Å². The zero-order valence-corrected chi connectivity index (χ0v) is 19.8. The predicted octanol–water partition coefficient (Wildman–Crippen LogP) is 4.64. The van der Waals surface area contributed by atoms with Crippen LogP contribution in [-0.2, 0) is 0 Å². The highest BCUT2D eigenvalue weighted by atomic mass is 31.2. The van der Waals surface area contributed by atoms with Gasteiger partial charge in [0.25, 0.3) is 0 Å². The molecule has 0 heterocycles. The van der Waals surface area contributed by atoms with Gasteiger partial charge in [0.15, 0.2) is 0 Å². The van der Waals surface area contributed by atoms with E-state index in [1.54, 1.807) is 21.3 Å². The van der Waals surface area contributed by atoms with Crippen LogP contribution in [0.5, 0.6) is 17.2 Å². The first kappa shape index (κ1) is 21.9. The van der Waals surface area contributed by atoms with Crippen molar-refractivity contribution < 1.29 is 14.2 Å². The largest absolute Gasteiger partial charge is 0.497 e. The molecule has 0 aliphatic carbocycles. The van der Waals surface area contributed by atoms with Gasteiger partial charge >= 0.3 is 0 Å². The van der Waals surface area contributed by atoms with Crippen LogP contribution < -0.4 is 35.4 Å². The molecule has 4 aromatic carbocycles. The summed E-state index contributed by atoms with van der Waals surface area (Å²) in [4.78, 5) is 0. The molecule has 4 aromatic rings. The van der Waals surface area contributed by atoms with Gasteiger partial charge in [-0.2, -0.15) is 0 Å². The lowest BCUT2D eigenvalue weighted by molar-refractivity contribution is 0.415. The van der Waals surface area contributed by atoms with Crippen LogP contribution in [0.3, 0.4) is 0 Å². The zero-order chi connectivity index (χ0) is 22.6. The van der Waals surface area contributed by atoms with Gasteiger partial charge in [0.05, 0.1) is 21.3 Å². The molecule has 4 rings (SSSR count).